The van der Waals surface area contributed by atoms with Gasteiger partial charge in [-0.25, -0.2) is 14.6 Å². The average Bonchev–Trinajstić information content (AvgIpc) is 2.31. The quantitative estimate of drug-likeness (QED) is 0.535. The summed E-state index contributed by atoms with van der Waals surface area (Å²) in [5, 5.41) is 12.1. The van der Waals surface area contributed by atoms with Gasteiger partial charge in [-0.2, -0.15) is 0 Å². The molecule has 9 heteroatoms. The van der Waals surface area contributed by atoms with Crippen molar-refractivity contribution >= 4 is 17.9 Å². The molecule has 0 radical (unpaired) electrons. The zero-order chi connectivity index (χ0) is 14.3. The lowest BCUT2D eigenvalue weighted by Gasteiger charge is -2.32. The zero-order valence-electron chi connectivity index (χ0n) is 10.7. The van der Waals surface area contributed by atoms with E-state index in [2.05, 4.69) is 15.1 Å². The van der Waals surface area contributed by atoms with E-state index in [1.165, 1.54) is 0 Å². The Morgan fingerprint density at radius 2 is 1.79 bits per heavy atom. The maximum Gasteiger partial charge on any atom is 0.336 e. The molecule has 0 aliphatic carbocycles. The highest BCUT2D eigenvalue weighted by Crippen LogP contribution is 1.94. The second-order valence-corrected chi connectivity index (χ2v) is 4.17. The highest BCUT2D eigenvalue weighted by Gasteiger charge is 2.16. The number of carboxylic acid groups (broad SMARTS) is 1. The maximum absolute atomic E-state index is 11.4. The number of hydrazine groups is 1. The highest BCUT2D eigenvalue weighted by molar-refractivity contribution is 5.94. The van der Waals surface area contributed by atoms with Crippen molar-refractivity contribution < 1.29 is 24.2 Å². The summed E-state index contributed by atoms with van der Waals surface area (Å²) in [5.74, 6) is -1.86. The van der Waals surface area contributed by atoms with Gasteiger partial charge in [0.15, 0.2) is 0 Å². The van der Waals surface area contributed by atoms with E-state index >= 15 is 0 Å². The van der Waals surface area contributed by atoms with Crippen molar-refractivity contribution in [1.82, 2.24) is 20.7 Å². The number of carboxylic acids is 1. The smallest absolute Gasteiger partial charge is 0.336 e. The van der Waals surface area contributed by atoms with E-state index in [9.17, 15) is 14.4 Å². The van der Waals surface area contributed by atoms with Crippen LogP contribution in [0.25, 0.3) is 0 Å². The van der Waals surface area contributed by atoms with Crippen LogP contribution in [0, 0.1) is 0 Å². The Hall–Kier alpha value is -1.71. The summed E-state index contributed by atoms with van der Waals surface area (Å²) in [7, 11) is 1.99. The second kappa shape index (κ2) is 7.67. The number of urea groups is 1. The summed E-state index contributed by atoms with van der Waals surface area (Å²) >= 11 is 0. The lowest BCUT2D eigenvalue weighted by atomic mass is 10.4. The van der Waals surface area contributed by atoms with Crippen LogP contribution in [0.3, 0.4) is 0 Å². The lowest BCUT2D eigenvalue weighted by Crippen LogP contribution is -2.55. The van der Waals surface area contributed by atoms with Crippen molar-refractivity contribution in [2.75, 3.05) is 46.4 Å². The Morgan fingerprint density at radius 3 is 2.37 bits per heavy atom. The molecule has 0 unspecified atom stereocenters. The van der Waals surface area contributed by atoms with Crippen molar-refractivity contribution in [2.45, 2.75) is 0 Å². The van der Waals surface area contributed by atoms with Crippen molar-refractivity contribution in [3.8, 4) is 0 Å². The molecule has 0 spiro atoms. The fourth-order valence-corrected chi connectivity index (χ4v) is 1.48. The van der Waals surface area contributed by atoms with Crippen LogP contribution < -0.4 is 10.7 Å². The summed E-state index contributed by atoms with van der Waals surface area (Å²) < 4.78 is 4.55. The van der Waals surface area contributed by atoms with Gasteiger partial charge in [0.1, 0.15) is 13.2 Å². The number of nitrogens with zero attached hydrogens (tertiary/aromatic N) is 2. The molecule has 3 amide bonds. The van der Waals surface area contributed by atoms with Crippen molar-refractivity contribution in [1.29, 1.82) is 0 Å². The molecular weight excluding hydrogens is 256 g/mol. The number of aliphatic carboxylic acids is 1. The number of carbonyl (C=O) groups is 3. The predicted octanol–water partition coefficient (Wildman–Crippen LogP) is -1.92. The van der Waals surface area contributed by atoms with Crippen LogP contribution in [0.1, 0.15) is 0 Å². The number of carbonyl (C=O) groups excluding carboxylic acids is 2. The molecule has 0 atom stereocenters. The average molecular weight is 274 g/mol. The molecule has 1 fully saturated rings. The van der Waals surface area contributed by atoms with E-state index in [1.54, 1.807) is 5.01 Å². The molecule has 9 nitrogen and oxygen atoms in total. The molecule has 19 heavy (non-hydrogen) atoms. The van der Waals surface area contributed by atoms with Crippen LogP contribution in [0.2, 0.25) is 0 Å². The van der Waals surface area contributed by atoms with Gasteiger partial charge >= 0.3 is 12.0 Å². The fraction of sp³-hybridized carbons (Fsp3) is 0.700. The molecule has 108 valence electrons. The Balaban J connectivity index is 2.16. The molecule has 3 N–H and O–H groups in total. The molecule has 1 aliphatic heterocycles. The van der Waals surface area contributed by atoms with Crippen LogP contribution in [-0.2, 0) is 14.3 Å². The van der Waals surface area contributed by atoms with E-state index in [0.29, 0.717) is 13.1 Å². The number of nitrogens with one attached hydrogen (secondary N) is 2. The van der Waals surface area contributed by atoms with E-state index in [0.717, 1.165) is 13.1 Å². The Morgan fingerprint density at radius 1 is 1.16 bits per heavy atom. The van der Waals surface area contributed by atoms with Crippen LogP contribution in [0.4, 0.5) is 4.79 Å². The highest BCUT2D eigenvalue weighted by atomic mass is 16.5. The molecule has 1 heterocycles. The Bertz CT molecular complexity index is 341. The lowest BCUT2D eigenvalue weighted by molar-refractivity contribution is -0.143. The van der Waals surface area contributed by atoms with Gasteiger partial charge < -0.3 is 14.7 Å². The van der Waals surface area contributed by atoms with Gasteiger partial charge in [0.2, 0.25) is 0 Å². The van der Waals surface area contributed by atoms with Crippen LogP contribution >= 0.6 is 0 Å². The number of hydrogen-bond donors (Lipinski definition) is 3. The second-order valence-electron chi connectivity index (χ2n) is 4.17. The summed E-state index contributed by atoms with van der Waals surface area (Å²) in [6.45, 7) is 1.96. The predicted molar refractivity (Wildman–Crippen MR) is 64.2 cm³/mol. The fourth-order valence-electron chi connectivity index (χ4n) is 1.48. The molecular formula is C10H18N4O5. The molecule has 1 rings (SSSR count). The number of rotatable bonds is 5. The minimum Gasteiger partial charge on any atom is -0.480 e. The van der Waals surface area contributed by atoms with Crippen LogP contribution in [0.15, 0.2) is 0 Å². The van der Waals surface area contributed by atoms with Gasteiger partial charge in [0.25, 0.3) is 5.91 Å². The van der Waals surface area contributed by atoms with Crippen LogP contribution in [0.5, 0.6) is 0 Å². The number of piperazine rings is 1. The molecule has 1 saturated heterocycles. The van der Waals surface area contributed by atoms with Gasteiger partial charge in [-0.05, 0) is 7.05 Å². The number of hydrogen-bond acceptors (Lipinski definition) is 6. The normalized spacial score (nSPS) is 16.9. The summed E-state index contributed by atoms with van der Waals surface area (Å²) in [6.07, 6.45) is 0. The maximum atomic E-state index is 11.4. The van der Waals surface area contributed by atoms with E-state index < -0.39 is 31.1 Å². The standard InChI is InChI=1S/C10H18N4O5/c1-13-2-4-14(5-3-13)12-10(18)11-8(15)6-19-7-9(16)17/h2-7H2,1H3,(H,16,17)(H2,11,12,15,18). The van der Waals surface area contributed by atoms with E-state index in [1.807, 2.05) is 12.4 Å². The summed E-state index contributed by atoms with van der Waals surface area (Å²) in [6, 6.07) is -0.645. The van der Waals surface area contributed by atoms with Gasteiger partial charge in [-0.1, -0.05) is 0 Å². The Kier molecular flexibility index (Phi) is 6.19. The van der Waals surface area contributed by atoms with E-state index in [4.69, 9.17) is 5.11 Å². The van der Waals surface area contributed by atoms with Crippen molar-refractivity contribution in [3.05, 3.63) is 0 Å². The molecule has 0 aromatic rings. The largest absolute Gasteiger partial charge is 0.480 e. The molecule has 0 aromatic heterocycles. The zero-order valence-corrected chi connectivity index (χ0v) is 10.7. The minimum atomic E-state index is -1.17. The third-order valence-corrected chi connectivity index (χ3v) is 2.47. The number of imide groups is 1. The van der Waals surface area contributed by atoms with Crippen LogP contribution in [-0.4, -0.2) is 79.4 Å². The number of ether oxygens (including phenoxy) is 1. The van der Waals surface area contributed by atoms with Gasteiger partial charge in [-0.3, -0.25) is 15.5 Å². The van der Waals surface area contributed by atoms with E-state index in [-0.39, 0.29) is 0 Å². The minimum absolute atomic E-state index is 0.470. The van der Waals surface area contributed by atoms with Gasteiger partial charge in [0, 0.05) is 26.2 Å². The number of amides is 3. The molecule has 0 aromatic carbocycles. The third kappa shape index (κ3) is 6.70. The van der Waals surface area contributed by atoms with Crippen molar-refractivity contribution in [3.63, 3.8) is 0 Å². The topological polar surface area (TPSA) is 111 Å². The van der Waals surface area contributed by atoms with Gasteiger partial charge in [-0.15, -0.1) is 0 Å². The monoisotopic (exact) mass is 274 g/mol. The molecule has 0 bridgehead atoms. The SMILES string of the molecule is CN1CCN(NC(=O)NC(=O)COCC(=O)O)CC1. The Labute approximate surface area is 110 Å². The molecule has 0 saturated carbocycles. The third-order valence-electron chi connectivity index (χ3n) is 2.47. The van der Waals surface area contributed by atoms with Crippen molar-refractivity contribution in [2.24, 2.45) is 0 Å². The summed E-state index contributed by atoms with van der Waals surface area (Å²) in [4.78, 5) is 34.9. The molecule has 1 aliphatic rings. The van der Waals surface area contributed by atoms with Gasteiger partial charge in [0.05, 0.1) is 0 Å². The number of likely N-dealkylation sites (N-methyl/N-ethyl adjacent to an activating group) is 1. The first-order chi connectivity index (χ1) is 8.97. The first kappa shape index (κ1) is 15.3. The first-order valence-corrected chi connectivity index (χ1v) is 5.81. The first-order valence-electron chi connectivity index (χ1n) is 5.81. The summed E-state index contributed by atoms with van der Waals surface area (Å²) in [5.41, 5.74) is 2.53.